The number of thiazole rings is 1. The van der Waals surface area contributed by atoms with E-state index in [0.29, 0.717) is 0 Å². The fourth-order valence-corrected chi connectivity index (χ4v) is 1.55. The maximum Gasteiger partial charge on any atom is 0.0998 e. The zero-order valence-electron chi connectivity index (χ0n) is 6.61. The molecule has 0 aliphatic carbocycles. The van der Waals surface area contributed by atoms with E-state index in [2.05, 4.69) is 16.0 Å². The fraction of sp³-hybridized carbons (Fsp3) is 0.111. The molecule has 59 valence electrons. The quantitative estimate of drug-likeness (QED) is 0.664. The molecular formula is C9H7N2S. The summed E-state index contributed by atoms with van der Waals surface area (Å²) in [5, 5.41) is 3.07. The molecule has 2 nitrogen and oxygen atoms in total. The molecule has 2 aromatic rings. The van der Waals surface area contributed by atoms with E-state index in [4.69, 9.17) is 0 Å². The highest BCUT2D eigenvalue weighted by molar-refractivity contribution is 7.09. The molecule has 0 bridgehead atoms. The molecule has 0 atom stereocenters. The summed E-state index contributed by atoms with van der Waals surface area (Å²) in [6, 6.07) is 6.59. The molecule has 0 saturated heterocycles. The summed E-state index contributed by atoms with van der Waals surface area (Å²) >= 11 is 1.63. The molecular weight excluding hydrogens is 168 g/mol. The summed E-state index contributed by atoms with van der Waals surface area (Å²) in [6.07, 6.45) is 1.73. The molecule has 0 unspecified atom stereocenters. The van der Waals surface area contributed by atoms with Crippen molar-refractivity contribution in [3.8, 4) is 11.4 Å². The van der Waals surface area contributed by atoms with Gasteiger partial charge in [0, 0.05) is 11.6 Å². The predicted molar refractivity (Wildman–Crippen MR) is 48.9 cm³/mol. The molecule has 0 spiro atoms. The second-order valence-electron chi connectivity index (χ2n) is 2.39. The molecule has 2 rings (SSSR count). The lowest BCUT2D eigenvalue weighted by atomic mass is 10.3. The van der Waals surface area contributed by atoms with Gasteiger partial charge in [0.2, 0.25) is 0 Å². The van der Waals surface area contributed by atoms with Gasteiger partial charge < -0.3 is 0 Å². The van der Waals surface area contributed by atoms with Crippen LogP contribution in [0, 0.1) is 13.0 Å². The van der Waals surface area contributed by atoms with Crippen LogP contribution in [-0.2, 0) is 0 Å². The first-order valence-electron chi connectivity index (χ1n) is 3.61. The Morgan fingerprint density at radius 2 is 2.33 bits per heavy atom. The molecule has 0 saturated carbocycles. The van der Waals surface area contributed by atoms with Crippen LogP contribution in [0.5, 0.6) is 0 Å². The van der Waals surface area contributed by atoms with Gasteiger partial charge in [-0.1, -0.05) is 0 Å². The zero-order chi connectivity index (χ0) is 8.39. The number of hydrogen-bond acceptors (Lipinski definition) is 3. The Balaban J connectivity index is 2.45. The van der Waals surface area contributed by atoms with Crippen LogP contribution < -0.4 is 0 Å². The smallest absolute Gasteiger partial charge is 0.0998 e. The number of rotatable bonds is 1. The van der Waals surface area contributed by atoms with Gasteiger partial charge in [-0.05, 0) is 25.1 Å². The topological polar surface area (TPSA) is 25.8 Å². The van der Waals surface area contributed by atoms with Crippen LogP contribution in [0.4, 0.5) is 0 Å². The zero-order valence-corrected chi connectivity index (χ0v) is 7.43. The average molecular weight is 175 g/mol. The molecule has 0 aliphatic rings. The highest BCUT2D eigenvalue weighted by Gasteiger charge is 2.00. The van der Waals surface area contributed by atoms with Crippen molar-refractivity contribution in [3.63, 3.8) is 0 Å². The highest BCUT2D eigenvalue weighted by atomic mass is 32.1. The van der Waals surface area contributed by atoms with Gasteiger partial charge in [0.25, 0.3) is 0 Å². The van der Waals surface area contributed by atoms with Crippen LogP contribution >= 0.6 is 11.3 Å². The van der Waals surface area contributed by atoms with Crippen LogP contribution in [0.3, 0.4) is 0 Å². The lowest BCUT2D eigenvalue weighted by Crippen LogP contribution is -1.81. The summed E-state index contributed by atoms with van der Waals surface area (Å²) in [7, 11) is 0. The van der Waals surface area contributed by atoms with Crippen molar-refractivity contribution in [2.24, 2.45) is 0 Å². The first-order chi connectivity index (χ1) is 5.86. The molecule has 1 radical (unpaired) electrons. The molecule has 0 aliphatic heterocycles. The Labute approximate surface area is 74.9 Å². The van der Waals surface area contributed by atoms with Gasteiger partial charge in [-0.25, -0.2) is 4.98 Å². The SMILES string of the molecule is Cc1nc(-c2c[c]ccn2)cs1. The van der Waals surface area contributed by atoms with E-state index in [-0.39, 0.29) is 0 Å². The van der Waals surface area contributed by atoms with Gasteiger partial charge in [0.15, 0.2) is 0 Å². The summed E-state index contributed by atoms with van der Waals surface area (Å²) in [4.78, 5) is 8.49. The van der Waals surface area contributed by atoms with E-state index in [1.807, 2.05) is 18.4 Å². The van der Waals surface area contributed by atoms with E-state index in [1.165, 1.54) is 0 Å². The third-order valence-electron chi connectivity index (χ3n) is 1.49. The van der Waals surface area contributed by atoms with E-state index in [0.717, 1.165) is 16.4 Å². The molecule has 0 aromatic carbocycles. The predicted octanol–water partition coefficient (Wildman–Crippen LogP) is 2.31. The van der Waals surface area contributed by atoms with Gasteiger partial charge in [0.05, 0.1) is 16.4 Å². The van der Waals surface area contributed by atoms with Crippen molar-refractivity contribution in [1.82, 2.24) is 9.97 Å². The minimum atomic E-state index is 0.891. The summed E-state index contributed by atoms with van der Waals surface area (Å²) in [5.74, 6) is 0. The van der Waals surface area contributed by atoms with Crippen LogP contribution in [0.2, 0.25) is 0 Å². The Bertz CT molecular complexity index is 367. The Hall–Kier alpha value is -1.22. The summed E-state index contributed by atoms with van der Waals surface area (Å²) < 4.78 is 0. The summed E-state index contributed by atoms with van der Waals surface area (Å²) in [5.41, 5.74) is 1.83. The first kappa shape index (κ1) is 7.43. The standard InChI is InChI=1S/C9H7N2S/c1-7-11-9(6-12-7)8-4-2-3-5-10-8/h3-6H,1H3. The van der Waals surface area contributed by atoms with Crippen LogP contribution in [0.1, 0.15) is 5.01 Å². The number of hydrogen-bond donors (Lipinski definition) is 0. The van der Waals surface area contributed by atoms with E-state index >= 15 is 0 Å². The molecule has 0 fully saturated rings. The molecule has 12 heavy (non-hydrogen) atoms. The second-order valence-corrected chi connectivity index (χ2v) is 3.46. The number of aryl methyl sites for hydroxylation is 1. The average Bonchev–Trinajstić information content (AvgIpc) is 2.54. The largest absolute Gasteiger partial charge is 0.255 e. The van der Waals surface area contributed by atoms with Crippen molar-refractivity contribution >= 4 is 11.3 Å². The lowest BCUT2D eigenvalue weighted by Gasteiger charge is -1.91. The van der Waals surface area contributed by atoms with Crippen LogP contribution in [-0.4, -0.2) is 9.97 Å². The van der Waals surface area contributed by atoms with E-state index < -0.39 is 0 Å². The van der Waals surface area contributed by atoms with Crippen molar-refractivity contribution in [2.45, 2.75) is 6.92 Å². The maximum absolute atomic E-state index is 4.32. The number of pyridine rings is 1. The van der Waals surface area contributed by atoms with Crippen molar-refractivity contribution in [2.75, 3.05) is 0 Å². The van der Waals surface area contributed by atoms with Crippen molar-refractivity contribution in [3.05, 3.63) is 34.8 Å². The monoisotopic (exact) mass is 175 g/mol. The molecule has 2 heterocycles. The minimum Gasteiger partial charge on any atom is -0.255 e. The molecule has 0 N–H and O–H groups in total. The lowest BCUT2D eigenvalue weighted by molar-refractivity contribution is 1.24. The molecule has 0 amide bonds. The van der Waals surface area contributed by atoms with Crippen molar-refractivity contribution < 1.29 is 0 Å². The van der Waals surface area contributed by atoms with Gasteiger partial charge in [-0.15, -0.1) is 11.3 Å². The first-order valence-corrected chi connectivity index (χ1v) is 4.49. The van der Waals surface area contributed by atoms with Crippen molar-refractivity contribution in [1.29, 1.82) is 0 Å². The highest BCUT2D eigenvalue weighted by Crippen LogP contribution is 2.18. The summed E-state index contributed by atoms with van der Waals surface area (Å²) in [6.45, 7) is 1.99. The van der Waals surface area contributed by atoms with E-state index in [9.17, 15) is 0 Å². The normalized spacial score (nSPS) is 10.1. The number of aromatic nitrogens is 2. The van der Waals surface area contributed by atoms with Gasteiger partial charge in [-0.3, -0.25) is 4.98 Å². The molecule has 2 aromatic heterocycles. The van der Waals surface area contributed by atoms with Crippen LogP contribution in [0.25, 0.3) is 11.4 Å². The second kappa shape index (κ2) is 3.03. The minimum absolute atomic E-state index is 0.891. The van der Waals surface area contributed by atoms with Gasteiger partial charge in [-0.2, -0.15) is 0 Å². The van der Waals surface area contributed by atoms with E-state index in [1.54, 1.807) is 23.6 Å². The maximum atomic E-state index is 4.32. The van der Waals surface area contributed by atoms with Gasteiger partial charge >= 0.3 is 0 Å². The number of nitrogens with zero attached hydrogens (tertiary/aromatic N) is 2. The third-order valence-corrected chi connectivity index (χ3v) is 2.26. The Morgan fingerprint density at radius 1 is 1.42 bits per heavy atom. The van der Waals surface area contributed by atoms with Gasteiger partial charge in [0.1, 0.15) is 0 Å². The fourth-order valence-electron chi connectivity index (χ4n) is 0.946. The molecule has 3 heteroatoms. The van der Waals surface area contributed by atoms with Crippen LogP contribution in [0.15, 0.2) is 23.7 Å². The Morgan fingerprint density at radius 3 is 2.92 bits per heavy atom. The third kappa shape index (κ3) is 1.36. The Kier molecular flexibility index (Phi) is 1.87.